The summed E-state index contributed by atoms with van der Waals surface area (Å²) in [5.74, 6) is 0.750. The fraction of sp³-hybridized carbons (Fsp3) is 0.636. The monoisotopic (exact) mass is 211 g/mol. The van der Waals surface area contributed by atoms with E-state index in [4.69, 9.17) is 0 Å². The van der Waals surface area contributed by atoms with Crippen molar-refractivity contribution in [3.63, 3.8) is 0 Å². The van der Waals surface area contributed by atoms with E-state index in [9.17, 15) is 4.79 Å². The summed E-state index contributed by atoms with van der Waals surface area (Å²) in [7, 11) is 0. The summed E-state index contributed by atoms with van der Waals surface area (Å²) in [6, 6.07) is 0. The van der Waals surface area contributed by atoms with Gasteiger partial charge in [-0.3, -0.25) is 4.79 Å². The van der Waals surface area contributed by atoms with Crippen LogP contribution in [0.3, 0.4) is 0 Å². The van der Waals surface area contributed by atoms with Crippen molar-refractivity contribution in [3.05, 3.63) is 15.6 Å². The van der Waals surface area contributed by atoms with Crippen LogP contribution in [0.2, 0.25) is 0 Å². The minimum atomic E-state index is 0.148. The van der Waals surface area contributed by atoms with Crippen molar-refractivity contribution in [2.24, 2.45) is 5.92 Å². The summed E-state index contributed by atoms with van der Waals surface area (Å²) in [5.41, 5.74) is 0.971. The first-order valence-corrected chi connectivity index (χ1v) is 5.85. The molecule has 14 heavy (non-hydrogen) atoms. The van der Waals surface area contributed by atoms with Gasteiger partial charge in [-0.2, -0.15) is 0 Å². The minimum Gasteiger partial charge on any atom is -0.294 e. The standard InChI is InChI=1S/C11H17NOS/c1-5-9-11(8(4)13)14-10(12-9)6-7(2)3/h7H,5-6H2,1-4H3. The Bertz CT molecular complexity index is 328. The van der Waals surface area contributed by atoms with Crippen molar-refractivity contribution in [3.8, 4) is 0 Å². The van der Waals surface area contributed by atoms with Gasteiger partial charge in [0.2, 0.25) is 0 Å². The van der Waals surface area contributed by atoms with Crippen molar-refractivity contribution in [1.29, 1.82) is 0 Å². The zero-order chi connectivity index (χ0) is 10.7. The average Bonchev–Trinajstić information content (AvgIpc) is 2.46. The van der Waals surface area contributed by atoms with E-state index in [0.717, 1.165) is 28.4 Å². The first-order valence-electron chi connectivity index (χ1n) is 5.04. The molecule has 0 aromatic carbocycles. The van der Waals surface area contributed by atoms with Gasteiger partial charge in [-0.1, -0.05) is 20.8 Å². The third-order valence-corrected chi connectivity index (χ3v) is 3.20. The number of hydrogen-bond donors (Lipinski definition) is 0. The molecule has 0 bridgehead atoms. The van der Waals surface area contributed by atoms with Gasteiger partial charge in [0.05, 0.1) is 15.6 Å². The van der Waals surface area contributed by atoms with Crippen LogP contribution < -0.4 is 0 Å². The normalized spacial score (nSPS) is 10.9. The second kappa shape index (κ2) is 4.69. The molecule has 0 atom stereocenters. The highest BCUT2D eigenvalue weighted by atomic mass is 32.1. The van der Waals surface area contributed by atoms with Crippen LogP contribution in [-0.2, 0) is 12.8 Å². The summed E-state index contributed by atoms with van der Waals surface area (Å²) < 4.78 is 0. The minimum absolute atomic E-state index is 0.148. The largest absolute Gasteiger partial charge is 0.294 e. The van der Waals surface area contributed by atoms with Crippen LogP contribution in [0.5, 0.6) is 0 Å². The maximum absolute atomic E-state index is 11.3. The number of rotatable bonds is 4. The van der Waals surface area contributed by atoms with Gasteiger partial charge in [0.25, 0.3) is 0 Å². The highest BCUT2D eigenvalue weighted by Crippen LogP contribution is 2.22. The molecule has 0 saturated heterocycles. The molecule has 1 aromatic rings. The van der Waals surface area contributed by atoms with E-state index in [1.807, 2.05) is 6.92 Å². The van der Waals surface area contributed by atoms with E-state index in [1.165, 1.54) is 0 Å². The Morgan fingerprint density at radius 1 is 1.50 bits per heavy atom. The summed E-state index contributed by atoms with van der Waals surface area (Å²) in [6.45, 7) is 7.99. The molecule has 0 unspecified atom stereocenters. The number of nitrogens with zero attached hydrogens (tertiary/aromatic N) is 1. The van der Waals surface area contributed by atoms with Crippen molar-refractivity contribution in [2.45, 2.75) is 40.5 Å². The zero-order valence-corrected chi connectivity index (χ0v) is 10.1. The molecular formula is C11H17NOS. The lowest BCUT2D eigenvalue weighted by Gasteiger charge is -1.98. The molecule has 0 aliphatic heterocycles. The van der Waals surface area contributed by atoms with E-state index in [-0.39, 0.29) is 5.78 Å². The molecule has 0 aliphatic rings. The van der Waals surface area contributed by atoms with Crippen molar-refractivity contribution < 1.29 is 4.79 Å². The quantitative estimate of drug-likeness (QED) is 0.716. The molecule has 0 fully saturated rings. The average molecular weight is 211 g/mol. The number of thiazole rings is 1. The van der Waals surface area contributed by atoms with E-state index >= 15 is 0 Å². The number of hydrogen-bond acceptors (Lipinski definition) is 3. The summed E-state index contributed by atoms with van der Waals surface area (Å²) >= 11 is 1.56. The van der Waals surface area contributed by atoms with Gasteiger partial charge in [-0.15, -0.1) is 11.3 Å². The lowest BCUT2D eigenvalue weighted by Crippen LogP contribution is -1.94. The number of ketones is 1. The first-order chi connectivity index (χ1) is 6.54. The SMILES string of the molecule is CCc1nc(CC(C)C)sc1C(C)=O. The highest BCUT2D eigenvalue weighted by Gasteiger charge is 2.13. The van der Waals surface area contributed by atoms with Gasteiger partial charge in [-0.05, 0) is 12.3 Å². The Morgan fingerprint density at radius 2 is 2.14 bits per heavy atom. The lowest BCUT2D eigenvalue weighted by atomic mass is 10.1. The molecule has 0 spiro atoms. The predicted molar refractivity (Wildman–Crippen MR) is 60.0 cm³/mol. The second-order valence-corrected chi connectivity index (χ2v) is 4.97. The zero-order valence-electron chi connectivity index (χ0n) is 9.26. The first kappa shape index (κ1) is 11.4. The lowest BCUT2D eigenvalue weighted by molar-refractivity contribution is 0.102. The van der Waals surface area contributed by atoms with Gasteiger partial charge in [0.1, 0.15) is 0 Å². The van der Waals surface area contributed by atoms with Crippen LogP contribution in [0.1, 0.15) is 48.1 Å². The smallest absolute Gasteiger partial charge is 0.171 e. The van der Waals surface area contributed by atoms with E-state index < -0.39 is 0 Å². The summed E-state index contributed by atoms with van der Waals surface area (Å²) in [4.78, 5) is 16.6. The molecule has 1 heterocycles. The number of carbonyl (C=O) groups is 1. The second-order valence-electron chi connectivity index (χ2n) is 3.89. The van der Waals surface area contributed by atoms with E-state index in [1.54, 1.807) is 18.3 Å². The van der Waals surface area contributed by atoms with Gasteiger partial charge >= 0.3 is 0 Å². The van der Waals surface area contributed by atoms with E-state index in [0.29, 0.717) is 5.92 Å². The maximum atomic E-state index is 11.3. The Balaban J connectivity index is 2.94. The topological polar surface area (TPSA) is 30.0 Å². The third kappa shape index (κ3) is 2.64. The number of carbonyl (C=O) groups excluding carboxylic acids is 1. The van der Waals surface area contributed by atoms with Crippen LogP contribution in [0.4, 0.5) is 0 Å². The number of Topliss-reactive ketones (excluding diaryl/α,β-unsaturated/α-hetero) is 1. The van der Waals surface area contributed by atoms with Crippen molar-refractivity contribution in [1.82, 2.24) is 4.98 Å². The molecule has 2 nitrogen and oxygen atoms in total. The molecule has 0 amide bonds. The Morgan fingerprint density at radius 3 is 2.50 bits per heavy atom. The van der Waals surface area contributed by atoms with Crippen molar-refractivity contribution in [2.75, 3.05) is 0 Å². The van der Waals surface area contributed by atoms with Crippen molar-refractivity contribution >= 4 is 17.1 Å². The Kier molecular flexibility index (Phi) is 3.81. The fourth-order valence-corrected chi connectivity index (χ4v) is 2.61. The Labute approximate surface area is 89.4 Å². The van der Waals surface area contributed by atoms with Crippen LogP contribution in [0.15, 0.2) is 0 Å². The van der Waals surface area contributed by atoms with Gasteiger partial charge < -0.3 is 0 Å². The maximum Gasteiger partial charge on any atom is 0.171 e. The number of aryl methyl sites for hydroxylation is 1. The molecule has 3 heteroatoms. The van der Waals surface area contributed by atoms with E-state index in [2.05, 4.69) is 18.8 Å². The molecule has 0 saturated carbocycles. The molecular weight excluding hydrogens is 194 g/mol. The van der Waals surface area contributed by atoms with Gasteiger partial charge in [0.15, 0.2) is 5.78 Å². The third-order valence-electron chi connectivity index (χ3n) is 1.98. The molecule has 0 radical (unpaired) electrons. The van der Waals surface area contributed by atoms with Crippen LogP contribution in [-0.4, -0.2) is 10.8 Å². The Hall–Kier alpha value is -0.700. The molecule has 0 N–H and O–H groups in total. The fourth-order valence-electron chi connectivity index (χ4n) is 1.35. The number of aromatic nitrogens is 1. The summed E-state index contributed by atoms with van der Waals surface area (Å²) in [5, 5.41) is 1.10. The van der Waals surface area contributed by atoms with Gasteiger partial charge in [0, 0.05) is 13.3 Å². The van der Waals surface area contributed by atoms with Crippen LogP contribution >= 0.6 is 11.3 Å². The molecule has 1 rings (SSSR count). The van der Waals surface area contributed by atoms with Gasteiger partial charge in [-0.25, -0.2) is 4.98 Å². The highest BCUT2D eigenvalue weighted by molar-refractivity contribution is 7.13. The predicted octanol–water partition coefficient (Wildman–Crippen LogP) is 3.11. The van der Waals surface area contributed by atoms with Crippen LogP contribution in [0.25, 0.3) is 0 Å². The molecule has 78 valence electrons. The molecule has 1 aromatic heterocycles. The molecule has 0 aliphatic carbocycles. The summed E-state index contributed by atoms with van der Waals surface area (Å²) in [6.07, 6.45) is 1.83. The van der Waals surface area contributed by atoms with Crippen LogP contribution in [0, 0.1) is 5.92 Å².